The number of rotatable bonds is 3. The Labute approximate surface area is 140 Å². The normalized spacial score (nSPS) is 24.6. The van der Waals surface area contributed by atoms with Crippen molar-refractivity contribution >= 4 is 11.8 Å². The predicted molar refractivity (Wildman–Crippen MR) is 90.8 cm³/mol. The van der Waals surface area contributed by atoms with Gasteiger partial charge in [0.1, 0.15) is 11.6 Å². The molecule has 2 aliphatic rings. The van der Waals surface area contributed by atoms with Crippen LogP contribution in [-0.2, 0) is 9.53 Å². The van der Waals surface area contributed by atoms with E-state index in [0.717, 1.165) is 35.6 Å². The molecule has 5 nitrogen and oxygen atoms in total. The Morgan fingerprint density at radius 1 is 1.38 bits per heavy atom. The summed E-state index contributed by atoms with van der Waals surface area (Å²) in [5.41, 5.74) is 2.20. The summed E-state index contributed by atoms with van der Waals surface area (Å²) in [4.78, 5) is 18.9. The highest BCUT2D eigenvalue weighted by Gasteiger charge is 2.66. The number of phenols is 1. The molecule has 2 heterocycles. The molecule has 1 aromatic heterocycles. The molecule has 24 heavy (non-hydrogen) atoms. The first-order valence-corrected chi connectivity index (χ1v) is 8.14. The van der Waals surface area contributed by atoms with E-state index < -0.39 is 0 Å². The fourth-order valence-corrected chi connectivity index (χ4v) is 3.78. The highest BCUT2D eigenvalue weighted by atomic mass is 16.5. The molecular weight excluding hydrogens is 304 g/mol. The summed E-state index contributed by atoms with van der Waals surface area (Å²) >= 11 is 0. The minimum absolute atomic E-state index is 0.109. The van der Waals surface area contributed by atoms with E-state index in [0.29, 0.717) is 12.5 Å². The molecule has 4 rings (SSSR count). The second-order valence-electron chi connectivity index (χ2n) is 6.83. The lowest BCUT2D eigenvalue weighted by Crippen LogP contribution is -2.29. The van der Waals surface area contributed by atoms with Crippen molar-refractivity contribution in [3.63, 3.8) is 0 Å². The van der Waals surface area contributed by atoms with Gasteiger partial charge in [-0.1, -0.05) is 17.7 Å². The minimum Gasteiger partial charge on any atom is -0.507 e. The molecule has 0 unspecified atom stereocenters. The van der Waals surface area contributed by atoms with Crippen LogP contribution in [0.3, 0.4) is 0 Å². The largest absolute Gasteiger partial charge is 0.507 e. The SMILES string of the molecule is COC(=O)[C@]12C[C@H]1CN(c1cccc(-c3cc(C)ccc3O)n1)C2. The summed E-state index contributed by atoms with van der Waals surface area (Å²) in [5, 5.41) is 10.1. The van der Waals surface area contributed by atoms with Crippen LogP contribution in [0.15, 0.2) is 36.4 Å². The average molecular weight is 324 g/mol. The van der Waals surface area contributed by atoms with Crippen molar-refractivity contribution in [3.05, 3.63) is 42.0 Å². The monoisotopic (exact) mass is 324 g/mol. The molecule has 0 radical (unpaired) electrons. The van der Waals surface area contributed by atoms with E-state index in [2.05, 4.69) is 4.90 Å². The quantitative estimate of drug-likeness (QED) is 0.880. The molecule has 1 N–H and O–H groups in total. The number of aromatic hydroxyl groups is 1. The molecule has 0 bridgehead atoms. The summed E-state index contributed by atoms with van der Waals surface area (Å²) in [6.07, 6.45) is 0.911. The number of hydrogen-bond donors (Lipinski definition) is 1. The molecule has 2 fully saturated rings. The zero-order valence-electron chi connectivity index (χ0n) is 13.8. The number of fused-ring (bicyclic) bond motifs is 1. The van der Waals surface area contributed by atoms with Gasteiger partial charge in [-0.05, 0) is 43.5 Å². The van der Waals surface area contributed by atoms with Gasteiger partial charge in [0.25, 0.3) is 0 Å². The number of aryl methyl sites for hydroxylation is 1. The lowest BCUT2D eigenvalue weighted by Gasteiger charge is -2.21. The van der Waals surface area contributed by atoms with Crippen LogP contribution >= 0.6 is 0 Å². The van der Waals surface area contributed by atoms with Crippen LogP contribution in [0.4, 0.5) is 5.82 Å². The topological polar surface area (TPSA) is 62.7 Å². The number of ether oxygens (including phenoxy) is 1. The number of carbonyl (C=O) groups excluding carboxylic acids is 1. The van der Waals surface area contributed by atoms with Crippen LogP contribution in [0.1, 0.15) is 12.0 Å². The number of phenolic OH excluding ortho intramolecular Hbond substituents is 1. The third-order valence-electron chi connectivity index (χ3n) is 5.22. The molecule has 124 valence electrons. The first-order valence-electron chi connectivity index (χ1n) is 8.14. The van der Waals surface area contributed by atoms with E-state index in [1.165, 1.54) is 7.11 Å². The van der Waals surface area contributed by atoms with Gasteiger partial charge in [-0.2, -0.15) is 0 Å². The van der Waals surface area contributed by atoms with Gasteiger partial charge in [-0.15, -0.1) is 0 Å². The molecule has 1 saturated carbocycles. The predicted octanol–water partition coefficient (Wildman–Crippen LogP) is 2.76. The maximum Gasteiger partial charge on any atom is 0.313 e. The van der Waals surface area contributed by atoms with Crippen LogP contribution in [0, 0.1) is 18.3 Å². The standard InChI is InChI=1S/C19H20N2O3/c1-12-6-7-16(22)14(8-12)15-4-3-5-17(20-15)21-10-13-9-19(13,11-21)18(23)24-2/h3-8,13,22H,9-11H2,1-2H3/t13-,19-/m0/s1. The summed E-state index contributed by atoms with van der Waals surface area (Å²) in [5.74, 6) is 1.31. The molecule has 1 aromatic carbocycles. The zero-order valence-corrected chi connectivity index (χ0v) is 13.8. The fraction of sp³-hybridized carbons (Fsp3) is 0.368. The van der Waals surface area contributed by atoms with Gasteiger partial charge in [0.15, 0.2) is 0 Å². The Bertz CT molecular complexity index is 820. The third-order valence-corrected chi connectivity index (χ3v) is 5.22. The van der Waals surface area contributed by atoms with Gasteiger partial charge >= 0.3 is 5.97 Å². The van der Waals surface area contributed by atoms with E-state index in [1.54, 1.807) is 6.07 Å². The van der Waals surface area contributed by atoms with Crippen LogP contribution in [-0.4, -0.2) is 36.3 Å². The number of benzene rings is 1. The van der Waals surface area contributed by atoms with Crippen LogP contribution < -0.4 is 4.90 Å². The number of aromatic nitrogens is 1. The number of nitrogens with zero attached hydrogens (tertiary/aromatic N) is 2. The van der Waals surface area contributed by atoms with Gasteiger partial charge in [0.05, 0.1) is 18.2 Å². The Morgan fingerprint density at radius 2 is 2.21 bits per heavy atom. The van der Waals surface area contributed by atoms with E-state index in [-0.39, 0.29) is 17.1 Å². The molecule has 1 saturated heterocycles. The maximum atomic E-state index is 12.0. The maximum absolute atomic E-state index is 12.0. The van der Waals surface area contributed by atoms with Crippen molar-refractivity contribution in [2.45, 2.75) is 13.3 Å². The number of carbonyl (C=O) groups is 1. The van der Waals surface area contributed by atoms with Gasteiger partial charge < -0.3 is 14.7 Å². The van der Waals surface area contributed by atoms with Gasteiger partial charge in [0.2, 0.25) is 0 Å². The third kappa shape index (κ3) is 2.23. The number of hydrogen-bond acceptors (Lipinski definition) is 5. The molecule has 5 heteroatoms. The summed E-state index contributed by atoms with van der Waals surface area (Å²) in [6, 6.07) is 11.3. The van der Waals surface area contributed by atoms with E-state index in [1.807, 2.05) is 37.3 Å². The molecule has 2 atom stereocenters. The smallest absolute Gasteiger partial charge is 0.313 e. The van der Waals surface area contributed by atoms with Crippen LogP contribution in [0.5, 0.6) is 5.75 Å². The number of methoxy groups -OCH3 is 1. The second-order valence-corrected chi connectivity index (χ2v) is 6.83. The minimum atomic E-state index is -0.335. The lowest BCUT2D eigenvalue weighted by atomic mass is 10.1. The van der Waals surface area contributed by atoms with Crippen molar-refractivity contribution < 1.29 is 14.6 Å². The number of esters is 1. The number of piperidine rings is 1. The van der Waals surface area contributed by atoms with Crippen LogP contribution in [0.2, 0.25) is 0 Å². The van der Waals surface area contributed by atoms with E-state index >= 15 is 0 Å². The second kappa shape index (κ2) is 5.23. The van der Waals surface area contributed by atoms with Crippen molar-refractivity contribution in [1.82, 2.24) is 4.98 Å². The van der Waals surface area contributed by atoms with Crippen molar-refractivity contribution in [1.29, 1.82) is 0 Å². The van der Waals surface area contributed by atoms with Gasteiger partial charge in [-0.3, -0.25) is 4.79 Å². The van der Waals surface area contributed by atoms with Crippen molar-refractivity contribution in [3.8, 4) is 17.0 Å². The van der Waals surface area contributed by atoms with Gasteiger partial charge in [-0.25, -0.2) is 4.98 Å². The molecular formula is C19H20N2O3. The van der Waals surface area contributed by atoms with Gasteiger partial charge in [0, 0.05) is 18.7 Å². The molecule has 2 aromatic rings. The van der Waals surface area contributed by atoms with Crippen molar-refractivity contribution in [2.75, 3.05) is 25.1 Å². The molecule has 0 spiro atoms. The highest BCUT2D eigenvalue weighted by Crippen LogP contribution is 2.58. The summed E-state index contributed by atoms with van der Waals surface area (Å²) in [7, 11) is 1.45. The van der Waals surface area contributed by atoms with E-state index in [4.69, 9.17) is 9.72 Å². The Hall–Kier alpha value is -2.56. The van der Waals surface area contributed by atoms with Crippen molar-refractivity contribution in [2.24, 2.45) is 11.3 Å². The summed E-state index contributed by atoms with van der Waals surface area (Å²) in [6.45, 7) is 3.47. The van der Waals surface area contributed by atoms with Crippen LogP contribution in [0.25, 0.3) is 11.3 Å². The van der Waals surface area contributed by atoms with E-state index in [9.17, 15) is 9.90 Å². The molecule has 1 aliphatic carbocycles. The molecule has 1 aliphatic heterocycles. The lowest BCUT2D eigenvalue weighted by molar-refractivity contribution is -0.146. The average Bonchev–Trinajstić information content (AvgIpc) is 3.18. The highest BCUT2D eigenvalue weighted by molar-refractivity contribution is 5.83. The fourth-order valence-electron chi connectivity index (χ4n) is 3.78. The number of pyridine rings is 1. The Balaban J connectivity index is 1.63. The molecule has 0 amide bonds. The first kappa shape index (κ1) is 15.0. The zero-order chi connectivity index (χ0) is 16.9. The number of anilines is 1. The Morgan fingerprint density at radius 3 is 3.00 bits per heavy atom. The summed E-state index contributed by atoms with van der Waals surface area (Å²) < 4.78 is 4.97. The Kier molecular flexibility index (Phi) is 3.27. The first-order chi connectivity index (χ1) is 11.5.